The Morgan fingerprint density at radius 3 is 2.92 bits per heavy atom. The van der Waals surface area contributed by atoms with Crippen LogP contribution in [-0.4, -0.2) is 16.5 Å². The molecule has 68 valence electrons. The third kappa shape index (κ3) is 1.30. The molecule has 1 N–H and O–H groups in total. The standard InChI is InChI=1S/C9H8ClNO2/c10-7-5-6-3-1-2-4-8(6)11(13)9(7)12/h1-4,7,13H,5H2. The van der Waals surface area contributed by atoms with Gasteiger partial charge in [0.15, 0.2) is 0 Å². The first-order valence-electron chi connectivity index (χ1n) is 3.95. The summed E-state index contributed by atoms with van der Waals surface area (Å²) < 4.78 is 0. The van der Waals surface area contributed by atoms with Crippen LogP contribution in [-0.2, 0) is 11.2 Å². The molecule has 13 heavy (non-hydrogen) atoms. The molecule has 1 amide bonds. The predicted octanol–water partition coefficient (Wildman–Crippen LogP) is 1.57. The van der Waals surface area contributed by atoms with E-state index in [1.807, 2.05) is 12.1 Å². The molecule has 0 fully saturated rings. The third-order valence-corrected chi connectivity index (χ3v) is 2.44. The van der Waals surface area contributed by atoms with Gasteiger partial charge in [0.05, 0.1) is 5.69 Å². The molecule has 0 aliphatic carbocycles. The van der Waals surface area contributed by atoms with Gasteiger partial charge < -0.3 is 0 Å². The van der Waals surface area contributed by atoms with Crippen LogP contribution in [0.25, 0.3) is 0 Å². The average molecular weight is 198 g/mol. The fraction of sp³-hybridized carbons (Fsp3) is 0.222. The summed E-state index contributed by atoms with van der Waals surface area (Å²) in [5.74, 6) is -0.458. The maximum atomic E-state index is 11.2. The van der Waals surface area contributed by atoms with Crippen LogP contribution in [0.15, 0.2) is 24.3 Å². The largest absolute Gasteiger partial charge is 0.281 e. The first-order chi connectivity index (χ1) is 6.20. The number of hydrogen-bond acceptors (Lipinski definition) is 2. The fourth-order valence-corrected chi connectivity index (χ4v) is 1.68. The number of nitrogens with zero attached hydrogens (tertiary/aromatic N) is 1. The number of anilines is 1. The molecule has 1 aliphatic rings. The number of amides is 1. The lowest BCUT2D eigenvalue weighted by Crippen LogP contribution is -2.39. The van der Waals surface area contributed by atoms with Crippen LogP contribution in [0.5, 0.6) is 0 Å². The molecule has 0 aromatic heterocycles. The van der Waals surface area contributed by atoms with Gasteiger partial charge in [-0.25, -0.2) is 0 Å². The number of alkyl halides is 1. The zero-order valence-corrected chi connectivity index (χ0v) is 7.53. The molecule has 0 saturated carbocycles. The first kappa shape index (κ1) is 8.53. The van der Waals surface area contributed by atoms with Crippen LogP contribution in [0.4, 0.5) is 5.69 Å². The second-order valence-electron chi connectivity index (χ2n) is 2.95. The summed E-state index contributed by atoms with van der Waals surface area (Å²) in [6.45, 7) is 0. The molecule has 0 radical (unpaired) electrons. The van der Waals surface area contributed by atoms with Crippen molar-refractivity contribution < 1.29 is 10.0 Å². The molecule has 1 aromatic carbocycles. The van der Waals surface area contributed by atoms with Crippen LogP contribution >= 0.6 is 11.6 Å². The highest BCUT2D eigenvalue weighted by atomic mass is 35.5. The minimum absolute atomic E-state index is 0.458. The van der Waals surface area contributed by atoms with E-state index < -0.39 is 11.3 Å². The average Bonchev–Trinajstić information content (AvgIpc) is 2.15. The van der Waals surface area contributed by atoms with Crippen molar-refractivity contribution in [1.29, 1.82) is 0 Å². The summed E-state index contributed by atoms with van der Waals surface area (Å²) in [6.07, 6.45) is 0.480. The van der Waals surface area contributed by atoms with Gasteiger partial charge in [-0.15, -0.1) is 11.6 Å². The second-order valence-corrected chi connectivity index (χ2v) is 3.48. The lowest BCUT2D eigenvalue weighted by molar-refractivity contribution is -0.123. The quantitative estimate of drug-likeness (QED) is 0.507. The van der Waals surface area contributed by atoms with Crippen molar-refractivity contribution in [3.8, 4) is 0 Å². The number of benzene rings is 1. The summed E-state index contributed by atoms with van der Waals surface area (Å²) in [5.41, 5.74) is 1.43. The fourth-order valence-electron chi connectivity index (χ4n) is 1.42. The summed E-state index contributed by atoms with van der Waals surface area (Å²) in [5, 5.41) is 9.37. The molecule has 0 spiro atoms. The Bertz CT molecular complexity index is 353. The van der Waals surface area contributed by atoms with Crippen molar-refractivity contribution >= 4 is 23.2 Å². The maximum Gasteiger partial charge on any atom is 0.269 e. The molecule has 1 unspecified atom stereocenters. The summed E-state index contributed by atoms with van der Waals surface area (Å²) in [7, 11) is 0. The molecule has 4 heteroatoms. The van der Waals surface area contributed by atoms with E-state index in [-0.39, 0.29) is 0 Å². The van der Waals surface area contributed by atoms with Crippen molar-refractivity contribution in [1.82, 2.24) is 0 Å². The Balaban J connectivity index is 2.49. The van der Waals surface area contributed by atoms with Gasteiger partial charge in [0.2, 0.25) is 0 Å². The van der Waals surface area contributed by atoms with Gasteiger partial charge in [-0.3, -0.25) is 10.0 Å². The lowest BCUT2D eigenvalue weighted by atomic mass is 10.0. The van der Waals surface area contributed by atoms with Crippen molar-refractivity contribution in [2.75, 3.05) is 5.06 Å². The van der Waals surface area contributed by atoms with Crippen LogP contribution in [0, 0.1) is 0 Å². The van der Waals surface area contributed by atoms with E-state index in [2.05, 4.69) is 0 Å². The predicted molar refractivity (Wildman–Crippen MR) is 49.1 cm³/mol. The van der Waals surface area contributed by atoms with Crippen molar-refractivity contribution in [3.05, 3.63) is 29.8 Å². The minimum atomic E-state index is -0.653. The van der Waals surface area contributed by atoms with Gasteiger partial charge in [-0.05, 0) is 18.1 Å². The molecule has 0 bridgehead atoms. The molecule has 1 atom stereocenters. The van der Waals surface area contributed by atoms with Crippen LogP contribution in [0.2, 0.25) is 0 Å². The number of carbonyl (C=O) groups is 1. The molecular weight excluding hydrogens is 190 g/mol. The highest BCUT2D eigenvalue weighted by molar-refractivity contribution is 6.33. The number of para-hydroxylation sites is 1. The zero-order chi connectivity index (χ0) is 9.42. The minimum Gasteiger partial charge on any atom is -0.281 e. The monoisotopic (exact) mass is 197 g/mol. The molecule has 1 heterocycles. The summed E-state index contributed by atoms with van der Waals surface area (Å²) >= 11 is 5.74. The van der Waals surface area contributed by atoms with Crippen molar-refractivity contribution in [2.24, 2.45) is 0 Å². The molecular formula is C9H8ClNO2. The van der Waals surface area contributed by atoms with E-state index in [1.54, 1.807) is 12.1 Å². The normalized spacial score (nSPS) is 21.5. The van der Waals surface area contributed by atoms with E-state index in [9.17, 15) is 10.0 Å². The van der Waals surface area contributed by atoms with Crippen molar-refractivity contribution in [2.45, 2.75) is 11.8 Å². The number of rotatable bonds is 0. The van der Waals surface area contributed by atoms with E-state index in [0.29, 0.717) is 17.2 Å². The third-order valence-electron chi connectivity index (χ3n) is 2.10. The smallest absolute Gasteiger partial charge is 0.269 e. The maximum absolute atomic E-state index is 11.2. The second kappa shape index (κ2) is 3.01. The zero-order valence-electron chi connectivity index (χ0n) is 6.77. The van der Waals surface area contributed by atoms with Crippen LogP contribution < -0.4 is 5.06 Å². The summed E-state index contributed by atoms with van der Waals surface area (Å²) in [4.78, 5) is 11.2. The topological polar surface area (TPSA) is 40.5 Å². The highest BCUT2D eigenvalue weighted by Crippen LogP contribution is 2.27. The number of hydrogen-bond donors (Lipinski definition) is 1. The Morgan fingerprint density at radius 1 is 1.46 bits per heavy atom. The number of halogens is 1. The molecule has 1 aromatic rings. The van der Waals surface area contributed by atoms with Crippen LogP contribution in [0.3, 0.4) is 0 Å². The Morgan fingerprint density at radius 2 is 2.15 bits per heavy atom. The SMILES string of the molecule is O=C1C(Cl)Cc2ccccc2N1O. The molecule has 0 saturated heterocycles. The van der Waals surface area contributed by atoms with Gasteiger partial charge in [0, 0.05) is 0 Å². The number of hydroxylamine groups is 1. The van der Waals surface area contributed by atoms with E-state index >= 15 is 0 Å². The molecule has 1 aliphatic heterocycles. The Kier molecular flexibility index (Phi) is 1.98. The molecule has 3 nitrogen and oxygen atoms in total. The highest BCUT2D eigenvalue weighted by Gasteiger charge is 2.30. The van der Waals surface area contributed by atoms with Gasteiger partial charge in [0.1, 0.15) is 5.38 Å². The summed E-state index contributed by atoms with van der Waals surface area (Å²) in [6, 6.07) is 7.16. The molecule has 2 rings (SSSR count). The van der Waals surface area contributed by atoms with Gasteiger partial charge in [0.25, 0.3) is 5.91 Å². The van der Waals surface area contributed by atoms with E-state index in [1.165, 1.54) is 0 Å². The number of carbonyl (C=O) groups excluding carboxylic acids is 1. The van der Waals surface area contributed by atoms with Gasteiger partial charge >= 0.3 is 0 Å². The van der Waals surface area contributed by atoms with E-state index in [4.69, 9.17) is 11.6 Å². The van der Waals surface area contributed by atoms with Crippen LogP contribution in [0.1, 0.15) is 5.56 Å². The van der Waals surface area contributed by atoms with E-state index in [0.717, 1.165) is 5.56 Å². The Hall–Kier alpha value is -1.06. The van der Waals surface area contributed by atoms with Crippen molar-refractivity contribution in [3.63, 3.8) is 0 Å². The Labute approximate surface area is 80.5 Å². The first-order valence-corrected chi connectivity index (χ1v) is 4.38. The van der Waals surface area contributed by atoms with Gasteiger partial charge in [-0.1, -0.05) is 18.2 Å². The van der Waals surface area contributed by atoms with Gasteiger partial charge in [-0.2, -0.15) is 5.06 Å². The number of fused-ring (bicyclic) bond motifs is 1. The lowest BCUT2D eigenvalue weighted by Gasteiger charge is -2.26.